The summed E-state index contributed by atoms with van der Waals surface area (Å²) in [5.74, 6) is 1.66. The Hall–Kier alpha value is -0.970. The Bertz CT molecular complexity index is 691. The SMILES string of the molecule is CN1OC(C)(C)[C@@H]2CSc3c(c4ccccc4n3C)[C@H]21. The molecule has 1 aromatic carbocycles. The normalized spacial score (nSPS) is 28.6. The number of aromatic nitrogens is 1. The fourth-order valence-corrected chi connectivity index (χ4v) is 5.43. The van der Waals surface area contributed by atoms with Crippen LogP contribution in [0.3, 0.4) is 0 Å². The maximum absolute atomic E-state index is 6.12. The number of hydrogen-bond donors (Lipinski definition) is 0. The van der Waals surface area contributed by atoms with Crippen molar-refractivity contribution in [3.8, 4) is 0 Å². The third kappa shape index (κ3) is 1.50. The fraction of sp³-hybridized carbons (Fsp3) is 0.500. The molecule has 0 amide bonds. The molecule has 0 saturated carbocycles. The van der Waals surface area contributed by atoms with E-state index in [1.807, 2.05) is 11.8 Å². The van der Waals surface area contributed by atoms with E-state index in [4.69, 9.17) is 4.84 Å². The van der Waals surface area contributed by atoms with E-state index in [-0.39, 0.29) is 5.60 Å². The van der Waals surface area contributed by atoms with Crippen molar-refractivity contribution in [2.24, 2.45) is 13.0 Å². The fourth-order valence-electron chi connectivity index (χ4n) is 3.83. The first-order chi connectivity index (χ1) is 9.50. The molecule has 4 heteroatoms. The average Bonchev–Trinajstić information content (AvgIpc) is 2.84. The smallest absolute Gasteiger partial charge is 0.0899 e. The van der Waals surface area contributed by atoms with Gasteiger partial charge in [-0.1, -0.05) is 18.2 Å². The number of rotatable bonds is 0. The Kier molecular flexibility index (Phi) is 2.57. The van der Waals surface area contributed by atoms with Crippen LogP contribution in [0.4, 0.5) is 0 Å². The second-order valence-electron chi connectivity index (χ2n) is 6.40. The van der Waals surface area contributed by atoms with Gasteiger partial charge in [-0.15, -0.1) is 11.8 Å². The van der Waals surface area contributed by atoms with Crippen LogP contribution in [-0.2, 0) is 11.9 Å². The summed E-state index contributed by atoms with van der Waals surface area (Å²) in [6.07, 6.45) is 0. The lowest BCUT2D eigenvalue weighted by atomic mass is 9.83. The first-order valence-electron chi connectivity index (χ1n) is 7.13. The molecule has 1 aromatic heterocycles. The third-order valence-corrected chi connectivity index (χ3v) is 6.12. The first kappa shape index (κ1) is 12.7. The minimum Gasteiger partial charge on any atom is -0.339 e. The molecule has 0 radical (unpaired) electrons. The molecule has 1 saturated heterocycles. The van der Waals surface area contributed by atoms with E-state index in [0.717, 1.165) is 5.75 Å². The van der Waals surface area contributed by atoms with Crippen LogP contribution in [0.25, 0.3) is 10.9 Å². The molecular formula is C16H20N2OS. The van der Waals surface area contributed by atoms with Crippen molar-refractivity contribution in [2.75, 3.05) is 12.8 Å². The predicted octanol–water partition coefficient (Wildman–Crippen LogP) is 3.60. The van der Waals surface area contributed by atoms with Crippen molar-refractivity contribution >= 4 is 22.7 Å². The summed E-state index contributed by atoms with van der Waals surface area (Å²) in [5.41, 5.74) is 2.70. The van der Waals surface area contributed by atoms with Gasteiger partial charge in [0.25, 0.3) is 0 Å². The number of benzene rings is 1. The van der Waals surface area contributed by atoms with E-state index in [2.05, 4.69) is 61.8 Å². The molecule has 2 aromatic rings. The van der Waals surface area contributed by atoms with Crippen LogP contribution in [0.1, 0.15) is 25.5 Å². The standard InChI is InChI=1S/C16H20N2OS/c1-16(2)11-9-20-15-13(14(11)18(4)19-16)10-7-5-6-8-12(10)17(15)3/h5-8,11,14H,9H2,1-4H3/t11-,14+/m1/s1. The van der Waals surface area contributed by atoms with Gasteiger partial charge in [0.2, 0.25) is 0 Å². The van der Waals surface area contributed by atoms with E-state index in [9.17, 15) is 0 Å². The van der Waals surface area contributed by atoms with Crippen molar-refractivity contribution < 1.29 is 4.84 Å². The highest BCUT2D eigenvalue weighted by atomic mass is 32.2. The van der Waals surface area contributed by atoms with E-state index < -0.39 is 0 Å². The number of nitrogens with zero attached hydrogens (tertiary/aromatic N) is 2. The Morgan fingerprint density at radius 3 is 2.80 bits per heavy atom. The minimum atomic E-state index is -0.0823. The lowest BCUT2D eigenvalue weighted by Gasteiger charge is -2.31. The van der Waals surface area contributed by atoms with Crippen molar-refractivity contribution in [1.82, 2.24) is 9.63 Å². The zero-order valence-electron chi connectivity index (χ0n) is 12.4. The van der Waals surface area contributed by atoms with Crippen LogP contribution in [0.15, 0.2) is 29.3 Å². The molecule has 20 heavy (non-hydrogen) atoms. The Morgan fingerprint density at radius 2 is 2.00 bits per heavy atom. The van der Waals surface area contributed by atoms with Gasteiger partial charge in [-0.25, -0.2) is 0 Å². The molecule has 3 nitrogen and oxygen atoms in total. The molecule has 106 valence electrons. The predicted molar refractivity (Wildman–Crippen MR) is 82.8 cm³/mol. The van der Waals surface area contributed by atoms with E-state index in [1.165, 1.54) is 21.5 Å². The van der Waals surface area contributed by atoms with Gasteiger partial charge in [0.15, 0.2) is 0 Å². The average molecular weight is 288 g/mol. The molecular weight excluding hydrogens is 268 g/mol. The Morgan fingerprint density at radius 1 is 1.25 bits per heavy atom. The maximum atomic E-state index is 6.12. The largest absolute Gasteiger partial charge is 0.339 e. The van der Waals surface area contributed by atoms with Crippen molar-refractivity contribution in [1.29, 1.82) is 0 Å². The van der Waals surface area contributed by atoms with E-state index >= 15 is 0 Å². The van der Waals surface area contributed by atoms with E-state index in [1.54, 1.807) is 0 Å². The van der Waals surface area contributed by atoms with Gasteiger partial charge in [0, 0.05) is 42.2 Å². The summed E-state index contributed by atoms with van der Waals surface area (Å²) in [6.45, 7) is 4.43. The molecule has 3 heterocycles. The van der Waals surface area contributed by atoms with E-state index in [0.29, 0.717) is 12.0 Å². The lowest BCUT2D eigenvalue weighted by molar-refractivity contribution is -0.179. The number of aryl methyl sites for hydroxylation is 1. The molecule has 0 aliphatic carbocycles. The van der Waals surface area contributed by atoms with Crippen LogP contribution in [0.5, 0.6) is 0 Å². The van der Waals surface area contributed by atoms with Crippen molar-refractivity contribution in [3.63, 3.8) is 0 Å². The van der Waals surface area contributed by atoms with Gasteiger partial charge >= 0.3 is 0 Å². The maximum Gasteiger partial charge on any atom is 0.0899 e. The van der Waals surface area contributed by atoms with Crippen molar-refractivity contribution in [2.45, 2.75) is 30.5 Å². The summed E-state index contributed by atoms with van der Waals surface area (Å²) in [6, 6.07) is 9.08. The molecule has 1 fully saturated rings. The van der Waals surface area contributed by atoms with Gasteiger partial charge in [-0.3, -0.25) is 4.84 Å². The van der Waals surface area contributed by atoms with Gasteiger partial charge in [0.1, 0.15) is 0 Å². The number of thioether (sulfide) groups is 1. The van der Waals surface area contributed by atoms with Crippen LogP contribution >= 0.6 is 11.8 Å². The van der Waals surface area contributed by atoms with Gasteiger partial charge < -0.3 is 4.57 Å². The molecule has 2 aliphatic heterocycles. The molecule has 2 atom stereocenters. The monoisotopic (exact) mass is 288 g/mol. The number of hydroxylamine groups is 2. The molecule has 0 bridgehead atoms. The van der Waals surface area contributed by atoms with Crippen LogP contribution in [0.2, 0.25) is 0 Å². The summed E-state index contributed by atoms with van der Waals surface area (Å²) in [4.78, 5) is 6.12. The number of fused-ring (bicyclic) bond motifs is 5. The number of para-hydroxylation sites is 1. The Labute approximate surface area is 123 Å². The van der Waals surface area contributed by atoms with Crippen molar-refractivity contribution in [3.05, 3.63) is 29.8 Å². The minimum absolute atomic E-state index is 0.0823. The molecule has 0 spiro atoms. The molecule has 0 N–H and O–H groups in total. The zero-order chi connectivity index (χ0) is 14.1. The third-order valence-electron chi connectivity index (χ3n) is 4.83. The van der Waals surface area contributed by atoms with Crippen LogP contribution in [-0.4, -0.2) is 28.0 Å². The second kappa shape index (κ2) is 4.03. The van der Waals surface area contributed by atoms with Crippen LogP contribution < -0.4 is 0 Å². The quantitative estimate of drug-likeness (QED) is 0.737. The molecule has 0 unspecified atom stereocenters. The molecule has 2 aliphatic rings. The van der Waals surface area contributed by atoms with Crippen LogP contribution in [0, 0.1) is 5.92 Å². The molecule has 4 rings (SSSR count). The summed E-state index contributed by atoms with van der Waals surface area (Å²) >= 11 is 1.98. The summed E-state index contributed by atoms with van der Waals surface area (Å²) in [5, 5.41) is 4.86. The van der Waals surface area contributed by atoms with Gasteiger partial charge in [0.05, 0.1) is 16.7 Å². The first-order valence-corrected chi connectivity index (χ1v) is 8.11. The highest BCUT2D eigenvalue weighted by Crippen LogP contribution is 2.54. The second-order valence-corrected chi connectivity index (χ2v) is 7.41. The Balaban J connectivity index is 1.99. The van der Waals surface area contributed by atoms with Gasteiger partial charge in [-0.05, 0) is 19.9 Å². The number of hydrogen-bond acceptors (Lipinski definition) is 3. The van der Waals surface area contributed by atoms with Gasteiger partial charge in [-0.2, -0.15) is 5.06 Å². The highest BCUT2D eigenvalue weighted by Gasteiger charge is 2.51. The summed E-state index contributed by atoms with van der Waals surface area (Å²) in [7, 11) is 4.25. The lowest BCUT2D eigenvalue weighted by Crippen LogP contribution is -2.33. The summed E-state index contributed by atoms with van der Waals surface area (Å²) < 4.78 is 2.34. The topological polar surface area (TPSA) is 17.4 Å². The highest BCUT2D eigenvalue weighted by molar-refractivity contribution is 7.99. The zero-order valence-corrected chi connectivity index (χ0v) is 13.2.